The van der Waals surface area contributed by atoms with Crippen LogP contribution in [0.2, 0.25) is 0 Å². The molecule has 1 saturated heterocycles. The van der Waals surface area contributed by atoms with Crippen LogP contribution in [0.4, 0.5) is 33.7 Å². The van der Waals surface area contributed by atoms with Gasteiger partial charge in [-0.3, -0.25) is 9.69 Å². The van der Waals surface area contributed by atoms with Crippen LogP contribution in [0, 0.1) is 5.82 Å². The van der Waals surface area contributed by atoms with Crippen molar-refractivity contribution in [3.63, 3.8) is 0 Å². The van der Waals surface area contributed by atoms with E-state index in [0.717, 1.165) is 40.2 Å². The number of halogens is 4. The third kappa shape index (κ3) is 6.38. The van der Waals surface area contributed by atoms with Crippen LogP contribution in [0.5, 0.6) is 5.75 Å². The number of benzene rings is 3. The van der Waals surface area contributed by atoms with E-state index < -0.39 is 23.6 Å². The van der Waals surface area contributed by atoms with E-state index in [0.29, 0.717) is 11.4 Å². The molecule has 4 aromatic rings. The zero-order valence-corrected chi connectivity index (χ0v) is 23.8. The highest BCUT2D eigenvalue weighted by Gasteiger charge is 2.33. The number of rotatable bonds is 6. The fourth-order valence-corrected chi connectivity index (χ4v) is 5.20. The summed E-state index contributed by atoms with van der Waals surface area (Å²) in [7, 11) is 1.51. The third-order valence-electron chi connectivity index (χ3n) is 6.46. The summed E-state index contributed by atoms with van der Waals surface area (Å²) in [5, 5.41) is 6.69. The Morgan fingerprint density at radius 3 is 2.60 bits per heavy atom. The highest BCUT2D eigenvalue weighted by Crippen LogP contribution is 2.36. The van der Waals surface area contributed by atoms with Crippen LogP contribution >= 0.6 is 11.8 Å². The Morgan fingerprint density at radius 1 is 1.12 bits per heavy atom. The molecule has 1 aromatic heterocycles. The number of nitrogens with zero attached hydrogens (tertiary/aromatic N) is 5. The van der Waals surface area contributed by atoms with Crippen molar-refractivity contribution in [2.75, 3.05) is 23.1 Å². The van der Waals surface area contributed by atoms with Crippen LogP contribution in [0.1, 0.15) is 30.9 Å². The molecular formula is C29H24F4N6O3S. The predicted octanol–water partition coefficient (Wildman–Crippen LogP) is 6.89. The number of nitrogens with one attached hydrogen (secondary N) is 1. The van der Waals surface area contributed by atoms with Crippen molar-refractivity contribution in [1.82, 2.24) is 14.8 Å². The van der Waals surface area contributed by atoms with Crippen molar-refractivity contribution in [1.29, 1.82) is 0 Å². The monoisotopic (exact) mass is 612 g/mol. The summed E-state index contributed by atoms with van der Waals surface area (Å²) < 4.78 is 60.7. The highest BCUT2D eigenvalue weighted by molar-refractivity contribution is 8.15. The predicted molar refractivity (Wildman–Crippen MR) is 155 cm³/mol. The lowest BCUT2D eigenvalue weighted by atomic mass is 10.00. The van der Waals surface area contributed by atoms with Gasteiger partial charge < -0.3 is 10.1 Å². The molecule has 3 aromatic carbocycles. The minimum absolute atomic E-state index is 0.0604. The molecule has 1 fully saturated rings. The molecule has 14 heteroatoms. The molecule has 1 N–H and O–H groups in total. The zero-order chi connectivity index (χ0) is 30.9. The molecule has 1 aliphatic heterocycles. The molecule has 3 amide bonds. The molecule has 0 radical (unpaired) electrons. The second kappa shape index (κ2) is 11.9. The van der Waals surface area contributed by atoms with E-state index in [-0.39, 0.29) is 45.5 Å². The number of aliphatic imine (C=N–C) groups is 1. The molecule has 43 heavy (non-hydrogen) atoms. The van der Waals surface area contributed by atoms with E-state index in [4.69, 9.17) is 4.74 Å². The maximum Gasteiger partial charge on any atom is 0.416 e. The van der Waals surface area contributed by atoms with E-state index in [1.54, 1.807) is 12.1 Å². The minimum Gasteiger partial charge on any atom is -0.497 e. The number of aromatic nitrogens is 3. The van der Waals surface area contributed by atoms with Gasteiger partial charge in [-0.15, -0.1) is 5.10 Å². The number of anilines is 2. The number of carbonyl (C=O) groups is 2. The van der Waals surface area contributed by atoms with Crippen molar-refractivity contribution >= 4 is 40.2 Å². The molecule has 0 saturated carbocycles. The Hall–Kier alpha value is -4.72. The summed E-state index contributed by atoms with van der Waals surface area (Å²) in [5.41, 5.74) is 0.738. The average molecular weight is 613 g/mol. The first-order chi connectivity index (χ1) is 20.4. The molecule has 0 bridgehead atoms. The van der Waals surface area contributed by atoms with Crippen LogP contribution in [0.3, 0.4) is 0 Å². The topological polar surface area (TPSA) is 102 Å². The number of alkyl halides is 3. The lowest BCUT2D eigenvalue weighted by molar-refractivity contribution is -0.137. The van der Waals surface area contributed by atoms with Crippen LogP contribution in [0.15, 0.2) is 72.0 Å². The number of methoxy groups -OCH3 is 1. The van der Waals surface area contributed by atoms with Gasteiger partial charge in [-0.25, -0.2) is 18.9 Å². The Labute approximate surface area is 247 Å². The number of ether oxygens (including phenoxy) is 1. The van der Waals surface area contributed by atoms with Crippen LogP contribution in [0.25, 0.3) is 17.1 Å². The normalized spacial score (nSPS) is 14.6. The van der Waals surface area contributed by atoms with E-state index in [9.17, 15) is 22.8 Å². The number of thioether (sulfide) groups is 1. The molecular weight excluding hydrogens is 588 g/mol. The lowest BCUT2D eigenvalue weighted by Gasteiger charge is -2.22. The fraction of sp³-hybridized carbons (Fsp3) is 0.207. The standard InChI is InChI=1S/C29H24F4N6O3S/c1-16(2)21-9-8-20(42-3)13-24(21)39-25(40)14-43-28(39)36-27(41)35-23-10-7-17(11-22(23)30)26-34-15-38(37-26)19-6-4-5-18(12-19)29(31,32)33/h4-13,15-16H,14H2,1-3H3,(H,35,41)/b36-28-. The van der Waals surface area contributed by atoms with Gasteiger partial charge in [0.2, 0.25) is 5.91 Å². The van der Waals surface area contributed by atoms with Gasteiger partial charge in [-0.2, -0.15) is 18.2 Å². The molecule has 0 spiro atoms. The molecule has 9 nitrogen and oxygen atoms in total. The van der Waals surface area contributed by atoms with E-state index >= 15 is 4.39 Å². The Balaban J connectivity index is 1.35. The largest absolute Gasteiger partial charge is 0.497 e. The summed E-state index contributed by atoms with van der Waals surface area (Å²) in [4.78, 5) is 35.1. The summed E-state index contributed by atoms with van der Waals surface area (Å²) in [6, 6.07) is 12.8. The first-order valence-corrected chi connectivity index (χ1v) is 13.9. The summed E-state index contributed by atoms with van der Waals surface area (Å²) >= 11 is 1.08. The molecule has 1 aliphatic rings. The van der Waals surface area contributed by atoms with Crippen molar-refractivity contribution in [2.45, 2.75) is 25.9 Å². The lowest BCUT2D eigenvalue weighted by Crippen LogP contribution is -2.31. The van der Waals surface area contributed by atoms with E-state index in [1.807, 2.05) is 19.9 Å². The Kier molecular flexibility index (Phi) is 8.22. The maximum absolute atomic E-state index is 15.0. The van der Waals surface area contributed by atoms with Crippen molar-refractivity contribution in [3.8, 4) is 22.8 Å². The Morgan fingerprint density at radius 2 is 1.91 bits per heavy atom. The summed E-state index contributed by atoms with van der Waals surface area (Å²) in [5.74, 6) is -0.352. The second-order valence-electron chi connectivity index (χ2n) is 9.68. The zero-order valence-electron chi connectivity index (χ0n) is 23.0. The van der Waals surface area contributed by atoms with Gasteiger partial charge in [0.25, 0.3) is 0 Å². The Bertz CT molecular complexity index is 1740. The van der Waals surface area contributed by atoms with Gasteiger partial charge >= 0.3 is 12.2 Å². The number of carbonyl (C=O) groups excluding carboxylic acids is 2. The third-order valence-corrected chi connectivity index (χ3v) is 7.39. The summed E-state index contributed by atoms with van der Waals surface area (Å²) in [6.45, 7) is 3.95. The second-order valence-corrected chi connectivity index (χ2v) is 10.6. The molecule has 5 rings (SSSR count). The molecule has 0 unspecified atom stereocenters. The number of amidine groups is 1. The smallest absolute Gasteiger partial charge is 0.416 e. The van der Waals surface area contributed by atoms with Gasteiger partial charge in [-0.05, 0) is 53.9 Å². The first-order valence-electron chi connectivity index (χ1n) is 12.9. The number of hydrogen-bond acceptors (Lipinski definition) is 6. The van der Waals surface area contributed by atoms with E-state index in [2.05, 4.69) is 20.4 Å². The van der Waals surface area contributed by atoms with Gasteiger partial charge in [0, 0.05) is 11.6 Å². The highest BCUT2D eigenvalue weighted by atomic mass is 32.2. The minimum atomic E-state index is -4.52. The average Bonchev–Trinajstić information content (AvgIpc) is 3.60. The van der Waals surface area contributed by atoms with Crippen LogP contribution in [-0.4, -0.2) is 44.7 Å². The van der Waals surface area contributed by atoms with E-state index in [1.165, 1.54) is 42.6 Å². The van der Waals surface area contributed by atoms with Gasteiger partial charge in [0.1, 0.15) is 17.9 Å². The van der Waals surface area contributed by atoms with Gasteiger partial charge in [0.15, 0.2) is 11.0 Å². The molecule has 2 heterocycles. The van der Waals surface area contributed by atoms with Crippen LogP contribution < -0.4 is 15.0 Å². The number of urea groups is 1. The first kappa shape index (κ1) is 29.8. The van der Waals surface area contributed by atoms with Gasteiger partial charge in [0.05, 0.1) is 35.5 Å². The number of amides is 3. The van der Waals surface area contributed by atoms with Crippen molar-refractivity contribution < 1.29 is 31.9 Å². The SMILES string of the molecule is COc1ccc(C(C)C)c(N2C(=O)CS/C2=N\C(=O)Nc2ccc(-c3ncn(-c4cccc(C(F)(F)F)c4)n3)cc2F)c1. The van der Waals surface area contributed by atoms with Crippen molar-refractivity contribution in [2.24, 2.45) is 4.99 Å². The molecule has 0 atom stereocenters. The molecule has 222 valence electrons. The number of hydrogen-bond donors (Lipinski definition) is 1. The fourth-order valence-electron chi connectivity index (χ4n) is 4.34. The van der Waals surface area contributed by atoms with Crippen molar-refractivity contribution in [3.05, 3.63) is 83.9 Å². The summed E-state index contributed by atoms with van der Waals surface area (Å²) in [6.07, 6.45) is -3.31. The molecule has 0 aliphatic carbocycles. The quantitative estimate of drug-likeness (QED) is 0.238. The van der Waals surface area contributed by atoms with Crippen LogP contribution in [-0.2, 0) is 11.0 Å². The van der Waals surface area contributed by atoms with Gasteiger partial charge in [-0.1, -0.05) is 37.7 Å². The maximum atomic E-state index is 15.0.